The zero-order chi connectivity index (χ0) is 19.4. The quantitative estimate of drug-likeness (QED) is 0.802. The zero-order valence-corrected chi connectivity index (χ0v) is 16.1. The van der Waals surface area contributed by atoms with Gasteiger partial charge >= 0.3 is 5.97 Å². The van der Waals surface area contributed by atoms with Crippen molar-refractivity contribution in [3.05, 3.63) is 59.2 Å². The molecule has 0 bridgehead atoms. The van der Waals surface area contributed by atoms with E-state index in [9.17, 15) is 9.90 Å². The zero-order valence-electron chi connectivity index (χ0n) is 16.1. The van der Waals surface area contributed by atoms with E-state index in [0.717, 1.165) is 30.5 Å². The SMILES string of the molecule is CCc1ccc(C(c2ccc(OC)cc2OC)N2CCCC2C(=O)O)cc1. The van der Waals surface area contributed by atoms with Crippen molar-refractivity contribution in [3.63, 3.8) is 0 Å². The van der Waals surface area contributed by atoms with Crippen molar-refractivity contribution in [1.29, 1.82) is 0 Å². The van der Waals surface area contributed by atoms with Gasteiger partial charge in [-0.2, -0.15) is 0 Å². The summed E-state index contributed by atoms with van der Waals surface area (Å²) in [4.78, 5) is 13.9. The van der Waals surface area contributed by atoms with Crippen LogP contribution in [0.5, 0.6) is 11.5 Å². The minimum atomic E-state index is -0.768. The Hall–Kier alpha value is -2.53. The van der Waals surface area contributed by atoms with Gasteiger partial charge in [-0.15, -0.1) is 0 Å². The first-order valence-electron chi connectivity index (χ1n) is 9.38. The van der Waals surface area contributed by atoms with E-state index < -0.39 is 12.0 Å². The van der Waals surface area contributed by atoms with E-state index in [2.05, 4.69) is 36.1 Å². The highest BCUT2D eigenvalue weighted by Crippen LogP contribution is 2.40. The number of rotatable bonds is 7. The van der Waals surface area contributed by atoms with Crippen molar-refractivity contribution in [2.45, 2.75) is 38.3 Å². The molecule has 144 valence electrons. The summed E-state index contributed by atoms with van der Waals surface area (Å²) < 4.78 is 11.0. The fourth-order valence-electron chi connectivity index (χ4n) is 3.89. The molecule has 1 fully saturated rings. The highest BCUT2D eigenvalue weighted by molar-refractivity contribution is 5.74. The highest BCUT2D eigenvalue weighted by Gasteiger charge is 2.37. The molecule has 1 aliphatic heterocycles. The summed E-state index contributed by atoms with van der Waals surface area (Å²) >= 11 is 0. The summed E-state index contributed by atoms with van der Waals surface area (Å²) in [6, 6.07) is 13.5. The predicted octanol–water partition coefficient (Wildman–Crippen LogP) is 3.90. The number of carbonyl (C=O) groups is 1. The van der Waals surface area contributed by atoms with E-state index in [4.69, 9.17) is 9.47 Å². The molecule has 0 saturated carbocycles. The monoisotopic (exact) mass is 369 g/mol. The molecule has 5 heteroatoms. The second kappa shape index (κ2) is 8.44. The van der Waals surface area contributed by atoms with Gasteiger partial charge in [0.15, 0.2) is 0 Å². The largest absolute Gasteiger partial charge is 0.497 e. The van der Waals surface area contributed by atoms with Crippen LogP contribution in [0.1, 0.15) is 42.5 Å². The lowest BCUT2D eigenvalue weighted by atomic mass is 9.94. The Morgan fingerprint density at radius 3 is 2.52 bits per heavy atom. The molecule has 27 heavy (non-hydrogen) atoms. The molecule has 5 nitrogen and oxygen atoms in total. The van der Waals surface area contributed by atoms with E-state index in [0.29, 0.717) is 17.9 Å². The normalized spacial score (nSPS) is 18.3. The van der Waals surface area contributed by atoms with Gasteiger partial charge in [-0.05, 0) is 42.5 Å². The molecule has 2 aromatic rings. The molecule has 1 N–H and O–H groups in total. The van der Waals surface area contributed by atoms with Crippen LogP contribution >= 0.6 is 0 Å². The number of hydrogen-bond acceptors (Lipinski definition) is 4. The molecule has 0 spiro atoms. The summed E-state index contributed by atoms with van der Waals surface area (Å²) in [5.74, 6) is 0.650. The lowest BCUT2D eigenvalue weighted by molar-refractivity contribution is -0.142. The Morgan fingerprint density at radius 2 is 1.93 bits per heavy atom. The van der Waals surface area contributed by atoms with Crippen LogP contribution in [0.25, 0.3) is 0 Å². The molecule has 0 radical (unpaired) electrons. The topological polar surface area (TPSA) is 59.0 Å². The number of hydrogen-bond donors (Lipinski definition) is 1. The number of ether oxygens (including phenoxy) is 2. The Balaban J connectivity index is 2.11. The Labute approximate surface area is 160 Å². The number of methoxy groups -OCH3 is 2. The van der Waals surface area contributed by atoms with Crippen LogP contribution in [-0.4, -0.2) is 42.8 Å². The number of carboxylic acid groups (broad SMARTS) is 1. The molecule has 2 atom stereocenters. The Morgan fingerprint density at radius 1 is 1.19 bits per heavy atom. The fourth-order valence-corrected chi connectivity index (χ4v) is 3.89. The summed E-state index contributed by atoms with van der Waals surface area (Å²) in [5.41, 5.74) is 3.29. The minimum Gasteiger partial charge on any atom is -0.497 e. The van der Waals surface area contributed by atoms with E-state index in [1.165, 1.54) is 5.56 Å². The lowest BCUT2D eigenvalue weighted by Crippen LogP contribution is -2.39. The predicted molar refractivity (Wildman–Crippen MR) is 105 cm³/mol. The van der Waals surface area contributed by atoms with Gasteiger partial charge in [0.05, 0.1) is 20.3 Å². The van der Waals surface area contributed by atoms with Gasteiger partial charge in [-0.1, -0.05) is 31.2 Å². The Kier molecular flexibility index (Phi) is 6.01. The van der Waals surface area contributed by atoms with Gasteiger partial charge in [-0.3, -0.25) is 9.69 Å². The molecule has 2 aromatic carbocycles. The molecule has 2 unspecified atom stereocenters. The maximum absolute atomic E-state index is 11.8. The summed E-state index contributed by atoms with van der Waals surface area (Å²) in [5, 5.41) is 9.72. The molecule has 1 aliphatic rings. The van der Waals surface area contributed by atoms with E-state index >= 15 is 0 Å². The third-order valence-corrected chi connectivity index (χ3v) is 5.35. The molecule has 0 aliphatic carbocycles. The second-order valence-electron chi connectivity index (χ2n) is 6.84. The number of aliphatic carboxylic acids is 1. The van der Waals surface area contributed by atoms with Crippen molar-refractivity contribution in [2.75, 3.05) is 20.8 Å². The van der Waals surface area contributed by atoms with E-state index in [1.807, 2.05) is 18.2 Å². The van der Waals surface area contributed by atoms with Crippen LogP contribution < -0.4 is 9.47 Å². The van der Waals surface area contributed by atoms with Gasteiger partial charge in [0, 0.05) is 18.2 Å². The van der Waals surface area contributed by atoms with Gasteiger partial charge in [-0.25, -0.2) is 0 Å². The lowest BCUT2D eigenvalue weighted by Gasteiger charge is -2.33. The van der Waals surface area contributed by atoms with Crippen molar-refractivity contribution < 1.29 is 19.4 Å². The van der Waals surface area contributed by atoms with Crippen LogP contribution in [0, 0.1) is 0 Å². The van der Waals surface area contributed by atoms with Crippen LogP contribution in [0.15, 0.2) is 42.5 Å². The fraction of sp³-hybridized carbons (Fsp3) is 0.409. The van der Waals surface area contributed by atoms with Crippen LogP contribution in [0.3, 0.4) is 0 Å². The molecule has 0 amide bonds. The molecular weight excluding hydrogens is 342 g/mol. The van der Waals surface area contributed by atoms with Crippen molar-refractivity contribution in [3.8, 4) is 11.5 Å². The number of likely N-dealkylation sites (tertiary alicyclic amines) is 1. The first-order valence-corrected chi connectivity index (χ1v) is 9.38. The minimum absolute atomic E-state index is 0.180. The highest BCUT2D eigenvalue weighted by atomic mass is 16.5. The average Bonchev–Trinajstić information content (AvgIpc) is 3.18. The molecule has 3 rings (SSSR count). The number of nitrogens with zero attached hydrogens (tertiary/aromatic N) is 1. The second-order valence-corrected chi connectivity index (χ2v) is 6.84. The Bertz CT molecular complexity index is 787. The van der Waals surface area contributed by atoms with Gasteiger partial charge in [0.1, 0.15) is 17.5 Å². The standard InChI is InChI=1S/C22H27NO4/c1-4-15-7-9-16(10-8-15)21(23-13-5-6-19(23)22(24)25)18-12-11-17(26-2)14-20(18)27-3/h7-12,14,19,21H,4-6,13H2,1-3H3,(H,24,25). The smallest absolute Gasteiger partial charge is 0.320 e. The molecule has 0 aromatic heterocycles. The van der Waals surface area contributed by atoms with E-state index in [1.54, 1.807) is 14.2 Å². The molecule has 1 saturated heterocycles. The van der Waals surface area contributed by atoms with Gasteiger partial charge in [0.25, 0.3) is 0 Å². The number of aryl methyl sites for hydroxylation is 1. The molecule has 1 heterocycles. The van der Waals surface area contributed by atoms with Crippen molar-refractivity contribution in [1.82, 2.24) is 4.90 Å². The van der Waals surface area contributed by atoms with Gasteiger partial charge in [0.2, 0.25) is 0 Å². The summed E-state index contributed by atoms with van der Waals surface area (Å²) in [6.07, 6.45) is 2.51. The van der Waals surface area contributed by atoms with Crippen molar-refractivity contribution >= 4 is 5.97 Å². The molecular formula is C22H27NO4. The first-order chi connectivity index (χ1) is 13.1. The number of carboxylic acids is 1. The third kappa shape index (κ3) is 3.93. The van der Waals surface area contributed by atoms with Crippen molar-refractivity contribution in [2.24, 2.45) is 0 Å². The van der Waals surface area contributed by atoms with Crippen LogP contribution in [0.4, 0.5) is 0 Å². The van der Waals surface area contributed by atoms with E-state index in [-0.39, 0.29) is 6.04 Å². The summed E-state index contributed by atoms with van der Waals surface area (Å²) in [7, 11) is 3.25. The maximum Gasteiger partial charge on any atom is 0.320 e. The summed E-state index contributed by atoms with van der Waals surface area (Å²) in [6.45, 7) is 2.87. The maximum atomic E-state index is 11.8. The third-order valence-electron chi connectivity index (χ3n) is 5.35. The van der Waals surface area contributed by atoms with Crippen LogP contribution in [0.2, 0.25) is 0 Å². The number of benzene rings is 2. The van der Waals surface area contributed by atoms with Crippen LogP contribution in [-0.2, 0) is 11.2 Å². The first kappa shape index (κ1) is 19.2. The average molecular weight is 369 g/mol. The van der Waals surface area contributed by atoms with Gasteiger partial charge < -0.3 is 14.6 Å².